The maximum atomic E-state index is 12.9. The fourth-order valence-corrected chi connectivity index (χ4v) is 3.37. The molecule has 1 heterocycles. The Morgan fingerprint density at radius 1 is 1.07 bits per heavy atom. The van der Waals surface area contributed by atoms with Crippen LogP contribution in [0, 0.1) is 0 Å². The molecule has 0 fully saturated rings. The molecule has 0 unspecified atom stereocenters. The number of hydrogen-bond acceptors (Lipinski definition) is 4. The molecule has 29 heavy (non-hydrogen) atoms. The number of furan rings is 1. The van der Waals surface area contributed by atoms with Crippen molar-refractivity contribution in [3.05, 3.63) is 83.1 Å². The van der Waals surface area contributed by atoms with Gasteiger partial charge in [-0.15, -0.1) is 0 Å². The van der Waals surface area contributed by atoms with Crippen LogP contribution in [-0.2, 0) is 6.61 Å². The van der Waals surface area contributed by atoms with Gasteiger partial charge in [0.05, 0.1) is 17.7 Å². The SMILES string of the molecule is COc1cc2ccccc2cc1C(=O)Nc1ccc(Cl)c(-c2ccc(CO)o2)c1. The molecule has 2 N–H and O–H groups in total. The summed E-state index contributed by atoms with van der Waals surface area (Å²) in [5.41, 5.74) is 1.62. The average molecular weight is 408 g/mol. The third-order valence-corrected chi connectivity index (χ3v) is 4.95. The lowest BCUT2D eigenvalue weighted by atomic mass is 10.0. The Balaban J connectivity index is 1.66. The number of carbonyl (C=O) groups excluding carboxylic acids is 1. The quantitative estimate of drug-likeness (QED) is 0.457. The first-order valence-electron chi connectivity index (χ1n) is 8.96. The number of anilines is 1. The van der Waals surface area contributed by atoms with Gasteiger partial charge in [-0.3, -0.25) is 4.79 Å². The van der Waals surface area contributed by atoms with Gasteiger partial charge in [-0.25, -0.2) is 0 Å². The fourth-order valence-electron chi connectivity index (χ4n) is 3.16. The molecule has 4 rings (SSSR count). The highest BCUT2D eigenvalue weighted by Gasteiger charge is 2.16. The lowest BCUT2D eigenvalue weighted by Gasteiger charge is -2.12. The first-order chi connectivity index (χ1) is 14.1. The van der Waals surface area contributed by atoms with Crippen molar-refractivity contribution in [2.75, 3.05) is 12.4 Å². The number of rotatable bonds is 5. The molecule has 1 aromatic heterocycles. The molecule has 1 amide bonds. The Labute approximate surface area is 172 Å². The van der Waals surface area contributed by atoms with Crippen molar-refractivity contribution in [1.29, 1.82) is 0 Å². The van der Waals surface area contributed by atoms with E-state index in [1.165, 1.54) is 7.11 Å². The molecule has 0 aliphatic rings. The molecule has 146 valence electrons. The number of aliphatic hydroxyl groups is 1. The van der Waals surface area contributed by atoms with Gasteiger partial charge >= 0.3 is 0 Å². The average Bonchev–Trinajstić information content (AvgIpc) is 3.23. The van der Waals surface area contributed by atoms with Crippen molar-refractivity contribution in [2.45, 2.75) is 6.61 Å². The van der Waals surface area contributed by atoms with E-state index in [2.05, 4.69) is 5.32 Å². The number of methoxy groups -OCH3 is 1. The molecule has 4 aromatic rings. The molecule has 6 heteroatoms. The minimum Gasteiger partial charge on any atom is -0.496 e. The van der Waals surface area contributed by atoms with E-state index in [9.17, 15) is 9.90 Å². The summed E-state index contributed by atoms with van der Waals surface area (Å²) in [5.74, 6) is 1.15. The van der Waals surface area contributed by atoms with Crippen LogP contribution in [0.5, 0.6) is 5.75 Å². The summed E-state index contributed by atoms with van der Waals surface area (Å²) < 4.78 is 11.0. The summed E-state index contributed by atoms with van der Waals surface area (Å²) in [4.78, 5) is 12.9. The number of nitrogens with one attached hydrogen (secondary N) is 1. The number of hydrogen-bond donors (Lipinski definition) is 2. The van der Waals surface area contributed by atoms with Crippen molar-refractivity contribution < 1.29 is 19.1 Å². The highest BCUT2D eigenvalue weighted by Crippen LogP contribution is 2.33. The minimum atomic E-state index is -0.295. The molecule has 0 atom stereocenters. The summed E-state index contributed by atoms with van der Waals surface area (Å²) >= 11 is 6.29. The standard InChI is InChI=1S/C23H18ClNO4/c1-28-22-11-15-5-3-2-4-14(15)10-19(22)23(27)25-16-6-8-20(24)18(12-16)21-9-7-17(13-26)29-21/h2-12,26H,13H2,1H3,(H,25,27). The van der Waals surface area contributed by atoms with Gasteiger partial charge in [0, 0.05) is 11.3 Å². The van der Waals surface area contributed by atoms with Crippen molar-refractivity contribution in [3.63, 3.8) is 0 Å². The first kappa shape index (κ1) is 19.1. The number of aliphatic hydroxyl groups excluding tert-OH is 1. The second-order valence-electron chi connectivity index (χ2n) is 6.47. The molecule has 3 aromatic carbocycles. The number of amides is 1. The zero-order valence-electron chi connectivity index (χ0n) is 15.6. The summed E-state index contributed by atoms with van der Waals surface area (Å²) in [6, 6.07) is 20.0. The smallest absolute Gasteiger partial charge is 0.259 e. The van der Waals surface area contributed by atoms with Crippen molar-refractivity contribution in [2.24, 2.45) is 0 Å². The number of fused-ring (bicyclic) bond motifs is 1. The van der Waals surface area contributed by atoms with Crippen molar-refractivity contribution >= 4 is 34.0 Å². The van der Waals surface area contributed by atoms with Crippen LogP contribution in [0.3, 0.4) is 0 Å². The highest BCUT2D eigenvalue weighted by atomic mass is 35.5. The van der Waals surface area contributed by atoms with E-state index >= 15 is 0 Å². The highest BCUT2D eigenvalue weighted by molar-refractivity contribution is 6.33. The molecule has 0 radical (unpaired) electrons. The zero-order chi connectivity index (χ0) is 20.4. The third-order valence-electron chi connectivity index (χ3n) is 4.62. The van der Waals surface area contributed by atoms with Crippen molar-refractivity contribution in [1.82, 2.24) is 0 Å². The summed E-state index contributed by atoms with van der Waals surface area (Å²) in [6.45, 7) is -0.199. The van der Waals surface area contributed by atoms with Crippen LogP contribution < -0.4 is 10.1 Å². The zero-order valence-corrected chi connectivity index (χ0v) is 16.4. The summed E-state index contributed by atoms with van der Waals surface area (Å²) in [5, 5.41) is 14.5. The lowest BCUT2D eigenvalue weighted by molar-refractivity contribution is 0.102. The van der Waals surface area contributed by atoms with Crippen LogP contribution in [-0.4, -0.2) is 18.1 Å². The van der Waals surface area contributed by atoms with E-state index in [0.717, 1.165) is 10.8 Å². The van der Waals surface area contributed by atoms with Gasteiger partial charge in [0.25, 0.3) is 5.91 Å². The summed E-state index contributed by atoms with van der Waals surface area (Å²) in [7, 11) is 1.54. The van der Waals surface area contributed by atoms with E-state index in [-0.39, 0.29) is 12.5 Å². The maximum Gasteiger partial charge on any atom is 0.259 e. The molecule has 0 aliphatic carbocycles. The number of ether oxygens (including phenoxy) is 1. The van der Waals surface area contributed by atoms with Crippen molar-refractivity contribution in [3.8, 4) is 17.1 Å². The van der Waals surface area contributed by atoms with E-state index < -0.39 is 0 Å². The van der Waals surface area contributed by atoms with Gasteiger partial charge < -0.3 is 19.6 Å². The number of carbonyl (C=O) groups is 1. The number of benzene rings is 3. The van der Waals surface area contributed by atoms with Gasteiger partial charge in [-0.1, -0.05) is 35.9 Å². The molecule has 5 nitrogen and oxygen atoms in total. The second kappa shape index (κ2) is 7.99. The Morgan fingerprint density at radius 3 is 2.52 bits per heavy atom. The first-order valence-corrected chi connectivity index (χ1v) is 9.34. The lowest BCUT2D eigenvalue weighted by Crippen LogP contribution is -2.13. The Bertz CT molecular complexity index is 1200. The molecule has 0 saturated carbocycles. The number of halogens is 1. The third kappa shape index (κ3) is 3.83. The van der Waals surface area contributed by atoms with Crippen LogP contribution in [0.25, 0.3) is 22.1 Å². The minimum absolute atomic E-state index is 0.199. The fraction of sp³-hybridized carbons (Fsp3) is 0.0870. The topological polar surface area (TPSA) is 71.7 Å². The van der Waals surface area contributed by atoms with E-state index in [1.54, 1.807) is 36.4 Å². The largest absolute Gasteiger partial charge is 0.496 e. The van der Waals surface area contributed by atoms with Gasteiger partial charge in [0.2, 0.25) is 0 Å². The van der Waals surface area contributed by atoms with Gasteiger partial charge in [-0.05, 0) is 53.2 Å². The second-order valence-corrected chi connectivity index (χ2v) is 6.88. The summed E-state index contributed by atoms with van der Waals surface area (Å²) in [6.07, 6.45) is 0. The van der Waals surface area contributed by atoms with Gasteiger partial charge in [0.15, 0.2) is 0 Å². The normalized spacial score (nSPS) is 10.9. The van der Waals surface area contributed by atoms with Gasteiger partial charge in [-0.2, -0.15) is 0 Å². The Hall–Kier alpha value is -3.28. The van der Waals surface area contributed by atoms with E-state index in [0.29, 0.717) is 39.1 Å². The maximum absolute atomic E-state index is 12.9. The molecule has 0 saturated heterocycles. The Kier molecular flexibility index (Phi) is 5.25. The predicted octanol–water partition coefficient (Wildman–Crippen LogP) is 5.51. The van der Waals surface area contributed by atoms with E-state index in [4.69, 9.17) is 20.8 Å². The molecular weight excluding hydrogens is 390 g/mol. The van der Waals surface area contributed by atoms with Gasteiger partial charge in [0.1, 0.15) is 23.9 Å². The van der Waals surface area contributed by atoms with E-state index in [1.807, 2.05) is 30.3 Å². The van der Waals surface area contributed by atoms with Crippen LogP contribution in [0.4, 0.5) is 5.69 Å². The predicted molar refractivity (Wildman–Crippen MR) is 114 cm³/mol. The Morgan fingerprint density at radius 2 is 1.83 bits per heavy atom. The van der Waals surface area contributed by atoms with Crippen LogP contribution in [0.15, 0.2) is 71.1 Å². The molecule has 0 bridgehead atoms. The van der Waals surface area contributed by atoms with Crippen LogP contribution >= 0.6 is 11.6 Å². The molecule has 0 spiro atoms. The molecule has 0 aliphatic heterocycles. The van der Waals surface area contributed by atoms with Crippen LogP contribution in [0.2, 0.25) is 5.02 Å². The van der Waals surface area contributed by atoms with Crippen LogP contribution in [0.1, 0.15) is 16.1 Å². The molecular formula is C23H18ClNO4. The monoisotopic (exact) mass is 407 g/mol.